The van der Waals surface area contributed by atoms with Gasteiger partial charge in [-0.05, 0) is 25.1 Å². The number of hydrogen-bond acceptors (Lipinski definition) is 8. The van der Waals surface area contributed by atoms with Crippen molar-refractivity contribution in [3.8, 4) is 0 Å². The fourth-order valence-corrected chi connectivity index (χ4v) is 2.57. The van der Waals surface area contributed by atoms with Crippen LogP contribution in [0.3, 0.4) is 0 Å². The molecule has 2 rings (SSSR count). The van der Waals surface area contributed by atoms with Crippen LogP contribution in [0.4, 0.5) is 5.69 Å². The Morgan fingerprint density at radius 1 is 1.18 bits per heavy atom. The van der Waals surface area contributed by atoms with Gasteiger partial charge in [0.25, 0.3) is 5.91 Å². The summed E-state index contributed by atoms with van der Waals surface area (Å²) in [6.07, 6.45) is 1.88. The van der Waals surface area contributed by atoms with Crippen molar-refractivity contribution in [1.82, 2.24) is 14.9 Å². The van der Waals surface area contributed by atoms with Gasteiger partial charge in [-0.2, -0.15) is 15.3 Å². The molecule has 0 bridgehead atoms. The highest BCUT2D eigenvalue weighted by atomic mass is 16.5. The van der Waals surface area contributed by atoms with Crippen LogP contribution >= 0.6 is 0 Å². The molecule has 0 aliphatic rings. The second-order valence-corrected chi connectivity index (χ2v) is 5.57. The highest BCUT2D eigenvalue weighted by Crippen LogP contribution is 2.22. The van der Waals surface area contributed by atoms with E-state index in [4.69, 9.17) is 0 Å². The van der Waals surface area contributed by atoms with Crippen molar-refractivity contribution in [3.63, 3.8) is 0 Å². The molecule has 1 heterocycles. The van der Waals surface area contributed by atoms with Crippen LogP contribution in [0, 0.1) is 0 Å². The van der Waals surface area contributed by atoms with E-state index in [1.165, 1.54) is 24.5 Å². The second-order valence-electron chi connectivity index (χ2n) is 5.57. The number of rotatable bonds is 9. The van der Waals surface area contributed by atoms with Crippen LogP contribution < -0.4 is 5.12 Å². The van der Waals surface area contributed by atoms with E-state index in [1.54, 1.807) is 29.2 Å². The van der Waals surface area contributed by atoms with Crippen LogP contribution in [0.5, 0.6) is 0 Å². The lowest BCUT2D eigenvalue weighted by Crippen LogP contribution is -2.34. The number of aromatic nitrogens is 2. The van der Waals surface area contributed by atoms with E-state index in [0.29, 0.717) is 36.6 Å². The largest absolute Gasteiger partial charge is 0.464 e. The fourth-order valence-electron chi connectivity index (χ4n) is 2.57. The molecule has 28 heavy (non-hydrogen) atoms. The highest BCUT2D eigenvalue weighted by molar-refractivity contribution is 5.99. The maximum Gasteiger partial charge on any atom is 0.356 e. The van der Waals surface area contributed by atoms with Gasteiger partial charge >= 0.3 is 5.97 Å². The van der Waals surface area contributed by atoms with E-state index >= 15 is 0 Å². The summed E-state index contributed by atoms with van der Waals surface area (Å²) in [5.74, 6) is -0.279. The molecule has 9 nitrogen and oxygen atoms in total. The molecule has 0 aliphatic carbocycles. The molecule has 0 atom stereocenters. The van der Waals surface area contributed by atoms with Gasteiger partial charge in [0.1, 0.15) is 5.82 Å². The first-order valence-electron chi connectivity index (χ1n) is 8.57. The van der Waals surface area contributed by atoms with Crippen LogP contribution in [0.1, 0.15) is 33.6 Å². The third-order valence-electron chi connectivity index (χ3n) is 3.99. The number of nitrogens with zero attached hydrogens (tertiary/aromatic N) is 6. The van der Waals surface area contributed by atoms with E-state index in [1.807, 2.05) is 6.92 Å². The van der Waals surface area contributed by atoms with Crippen molar-refractivity contribution in [2.24, 2.45) is 10.2 Å². The summed E-state index contributed by atoms with van der Waals surface area (Å²) in [7, 11) is 1.29. The molecule has 9 heteroatoms. The number of carbonyl (C=O) groups excluding carboxylic acids is 2. The number of likely N-dealkylation sites (N-methyl/N-ethyl adjacent to an activating group) is 1. The zero-order valence-corrected chi connectivity index (χ0v) is 15.9. The molecule has 0 saturated heterocycles. The van der Waals surface area contributed by atoms with E-state index in [0.717, 1.165) is 0 Å². The minimum atomic E-state index is -0.532. The van der Waals surface area contributed by atoms with Gasteiger partial charge in [-0.3, -0.25) is 4.79 Å². The molecule has 146 valence electrons. The van der Waals surface area contributed by atoms with Crippen molar-refractivity contribution < 1.29 is 14.3 Å². The number of esters is 1. The van der Waals surface area contributed by atoms with Crippen molar-refractivity contribution in [2.45, 2.75) is 13.3 Å². The van der Waals surface area contributed by atoms with Gasteiger partial charge in [0.05, 0.1) is 18.4 Å². The SMILES string of the molecule is C=NN(N=C)c1ccccc1C(=O)N(CC)CCc1nccc(C(=O)OC)n1. The normalized spacial score (nSPS) is 10.1. The number of ether oxygens (including phenoxy) is 1. The Bertz CT molecular complexity index is 862. The third-order valence-corrected chi connectivity index (χ3v) is 3.99. The number of hydrogen-bond donors (Lipinski definition) is 0. The number of carbonyl (C=O) groups is 2. The van der Waals surface area contributed by atoms with Crippen LogP contribution in [0.15, 0.2) is 46.7 Å². The molecule has 1 amide bonds. The summed E-state index contributed by atoms with van der Waals surface area (Å²) < 4.78 is 4.66. The molecule has 0 aliphatic heterocycles. The minimum absolute atomic E-state index is 0.178. The first-order chi connectivity index (χ1) is 13.5. The standard InChI is InChI=1S/C19H22N6O3/c1-5-24(13-11-17-22-12-10-15(23-17)19(27)28-4)18(26)14-8-6-7-9-16(14)25(20-2)21-3/h6-10,12H,2-3,5,11,13H2,1,4H3. The maximum atomic E-state index is 13.0. The average molecular weight is 382 g/mol. The summed E-state index contributed by atoms with van der Waals surface area (Å²) >= 11 is 0. The molecule has 0 radical (unpaired) electrons. The minimum Gasteiger partial charge on any atom is -0.464 e. The summed E-state index contributed by atoms with van der Waals surface area (Å²) in [5.41, 5.74) is 1.09. The molecule has 0 N–H and O–H groups in total. The summed E-state index contributed by atoms with van der Waals surface area (Å²) in [6, 6.07) is 8.43. The van der Waals surface area contributed by atoms with Crippen LogP contribution in [-0.4, -0.2) is 60.4 Å². The van der Waals surface area contributed by atoms with E-state index in [9.17, 15) is 9.59 Å². The zero-order valence-electron chi connectivity index (χ0n) is 15.9. The summed E-state index contributed by atoms with van der Waals surface area (Å²) in [4.78, 5) is 34.6. The number of anilines is 1. The van der Waals surface area contributed by atoms with Crippen LogP contribution in [0.25, 0.3) is 0 Å². The predicted octanol–water partition coefficient (Wildman–Crippen LogP) is 2.01. The van der Waals surface area contributed by atoms with Gasteiger partial charge in [-0.15, -0.1) is 0 Å². The Labute approximate surface area is 163 Å². The lowest BCUT2D eigenvalue weighted by molar-refractivity contribution is 0.0592. The topological polar surface area (TPSA) is 100 Å². The Balaban J connectivity index is 2.18. The number of amides is 1. The lowest BCUT2D eigenvalue weighted by Gasteiger charge is -2.23. The Kier molecular flexibility index (Phi) is 7.32. The van der Waals surface area contributed by atoms with Gasteiger partial charge < -0.3 is 9.64 Å². The van der Waals surface area contributed by atoms with Gasteiger partial charge in [0.2, 0.25) is 0 Å². The number of hydrazone groups is 2. The van der Waals surface area contributed by atoms with Gasteiger partial charge in [0, 0.05) is 39.1 Å². The third kappa shape index (κ3) is 4.76. The van der Waals surface area contributed by atoms with Crippen molar-refractivity contribution in [1.29, 1.82) is 0 Å². The molecule has 0 saturated carbocycles. The lowest BCUT2D eigenvalue weighted by atomic mass is 10.1. The maximum absolute atomic E-state index is 13.0. The molecule has 1 aromatic carbocycles. The summed E-state index contributed by atoms with van der Waals surface area (Å²) in [6.45, 7) is 9.61. The Morgan fingerprint density at radius 2 is 1.89 bits per heavy atom. The van der Waals surface area contributed by atoms with Gasteiger partial charge in [0.15, 0.2) is 5.69 Å². The monoisotopic (exact) mass is 382 g/mol. The van der Waals surface area contributed by atoms with Crippen LogP contribution in [0.2, 0.25) is 0 Å². The highest BCUT2D eigenvalue weighted by Gasteiger charge is 2.20. The van der Waals surface area contributed by atoms with Gasteiger partial charge in [-0.1, -0.05) is 12.1 Å². The average Bonchev–Trinajstić information content (AvgIpc) is 2.75. The Hall–Kier alpha value is -3.62. The fraction of sp³-hybridized carbons (Fsp3) is 0.263. The first-order valence-corrected chi connectivity index (χ1v) is 8.57. The smallest absolute Gasteiger partial charge is 0.356 e. The molecular formula is C19H22N6O3. The molecule has 1 aromatic heterocycles. The number of benzene rings is 1. The van der Waals surface area contributed by atoms with Crippen molar-refractivity contribution in [2.75, 3.05) is 25.3 Å². The second kappa shape index (κ2) is 9.91. The summed E-state index contributed by atoms with van der Waals surface area (Å²) in [5, 5.41) is 8.70. The number of para-hydroxylation sites is 1. The van der Waals surface area contributed by atoms with Crippen LogP contribution in [-0.2, 0) is 11.2 Å². The predicted molar refractivity (Wildman–Crippen MR) is 107 cm³/mol. The zero-order chi connectivity index (χ0) is 20.5. The van der Waals surface area contributed by atoms with E-state index in [2.05, 4.69) is 38.3 Å². The van der Waals surface area contributed by atoms with E-state index in [-0.39, 0.29) is 11.6 Å². The molecule has 0 unspecified atom stereocenters. The van der Waals surface area contributed by atoms with Crippen molar-refractivity contribution >= 4 is 31.0 Å². The quantitative estimate of drug-likeness (QED) is 0.374. The van der Waals surface area contributed by atoms with E-state index < -0.39 is 5.97 Å². The number of methoxy groups -OCH3 is 1. The Morgan fingerprint density at radius 3 is 2.54 bits per heavy atom. The molecular weight excluding hydrogens is 360 g/mol. The first kappa shape index (κ1) is 20.7. The van der Waals surface area contributed by atoms with Gasteiger partial charge in [-0.25, -0.2) is 14.8 Å². The molecule has 2 aromatic rings. The van der Waals surface area contributed by atoms with Crippen molar-refractivity contribution in [3.05, 3.63) is 53.6 Å². The molecule has 0 spiro atoms. The molecule has 0 fully saturated rings.